The van der Waals surface area contributed by atoms with Gasteiger partial charge in [0, 0.05) is 12.6 Å². The van der Waals surface area contributed by atoms with Crippen molar-refractivity contribution in [3.63, 3.8) is 0 Å². The van der Waals surface area contributed by atoms with E-state index in [-0.39, 0.29) is 16.5 Å². The Morgan fingerprint density at radius 2 is 1.52 bits per heavy atom. The molecule has 2 amide bonds. The molecule has 11 nitrogen and oxygen atoms in total. The molecule has 0 unspecified atom stereocenters. The number of hydrogen-bond acceptors (Lipinski definition) is 9. The van der Waals surface area contributed by atoms with Crippen LogP contribution in [0.15, 0.2) is 52.1 Å². The minimum Gasteiger partial charge on any atom is -0.443 e. The Morgan fingerprint density at radius 3 is 2.02 bits per heavy atom. The van der Waals surface area contributed by atoms with E-state index in [2.05, 4.69) is 9.68 Å². The highest BCUT2D eigenvalue weighted by Crippen LogP contribution is 2.38. The number of likely N-dealkylation sites (tertiary alicyclic amines) is 1. The fraction of sp³-hybridized carbons (Fsp3) is 0.414. The van der Waals surface area contributed by atoms with Crippen LogP contribution in [0.2, 0.25) is 0 Å². The molecule has 1 aromatic heterocycles. The van der Waals surface area contributed by atoms with Crippen molar-refractivity contribution < 1.29 is 45.2 Å². The molecular formula is C29H33F3N4O7S. The van der Waals surface area contributed by atoms with E-state index in [9.17, 15) is 18.0 Å². The van der Waals surface area contributed by atoms with Gasteiger partial charge >= 0.3 is 12.2 Å². The summed E-state index contributed by atoms with van der Waals surface area (Å²) in [6.07, 6.45) is -0.795. The average molecular weight is 639 g/mol. The molecule has 2 heterocycles. The number of ether oxygens (including phenoxy) is 2. The molecule has 1 aliphatic heterocycles. The van der Waals surface area contributed by atoms with Crippen molar-refractivity contribution >= 4 is 39.4 Å². The zero-order valence-corrected chi connectivity index (χ0v) is 25.9. The van der Waals surface area contributed by atoms with Crippen LogP contribution in [0.25, 0.3) is 0 Å². The first kappa shape index (κ1) is 32.8. The van der Waals surface area contributed by atoms with E-state index in [1.54, 1.807) is 26.8 Å². The molecule has 0 spiro atoms. The van der Waals surface area contributed by atoms with Gasteiger partial charge in [0.05, 0.1) is 11.4 Å². The molecule has 3 aromatic rings. The number of carbonyl (C=O) groups excluding carboxylic acids is 2. The second kappa shape index (κ2) is 12.1. The predicted octanol–water partition coefficient (Wildman–Crippen LogP) is 6.50. The highest BCUT2D eigenvalue weighted by atomic mass is 32.2. The molecule has 44 heavy (non-hydrogen) atoms. The van der Waals surface area contributed by atoms with Crippen LogP contribution in [0, 0.1) is 17.5 Å². The zero-order chi connectivity index (χ0) is 32.6. The highest BCUT2D eigenvalue weighted by molar-refractivity contribution is 7.93. The molecule has 0 radical (unpaired) electrons. The van der Waals surface area contributed by atoms with Gasteiger partial charge in [-0.05, 0) is 84.8 Å². The molecule has 1 fully saturated rings. The molecule has 0 atom stereocenters. The number of nitrogens with zero attached hydrogens (tertiary/aromatic N) is 4. The van der Waals surface area contributed by atoms with Gasteiger partial charge in [0.2, 0.25) is 0 Å². The molecule has 4 rings (SSSR count). The van der Waals surface area contributed by atoms with Gasteiger partial charge in [-0.15, -0.1) is 4.31 Å². The third-order valence-electron chi connectivity index (χ3n) is 6.14. The average Bonchev–Trinajstić information content (AvgIpc) is 3.34. The minimum absolute atomic E-state index is 0.0451. The first-order valence-electron chi connectivity index (χ1n) is 13.6. The molecule has 0 N–H and O–H groups in total. The molecular weight excluding hydrogens is 605 g/mol. The van der Waals surface area contributed by atoms with Crippen LogP contribution in [-0.4, -0.2) is 55.0 Å². The van der Waals surface area contributed by atoms with Gasteiger partial charge in [0.25, 0.3) is 10.0 Å². The van der Waals surface area contributed by atoms with E-state index in [4.69, 9.17) is 9.47 Å². The largest absolute Gasteiger partial charge is 0.443 e. The fourth-order valence-corrected chi connectivity index (χ4v) is 5.66. The molecule has 0 aliphatic carbocycles. The van der Waals surface area contributed by atoms with Crippen molar-refractivity contribution in [1.82, 2.24) is 10.1 Å². The van der Waals surface area contributed by atoms with Gasteiger partial charge in [-0.3, -0.25) is 4.90 Å². The maximum Gasteiger partial charge on any atom is 0.430 e. The van der Waals surface area contributed by atoms with Crippen molar-refractivity contribution in [1.29, 1.82) is 0 Å². The first-order valence-corrected chi connectivity index (χ1v) is 15.0. The maximum atomic E-state index is 15.8. The number of rotatable bonds is 7. The molecule has 15 heteroatoms. The summed E-state index contributed by atoms with van der Waals surface area (Å²) < 4.78 is 89.6. The van der Waals surface area contributed by atoms with E-state index in [1.807, 2.05) is 4.90 Å². The van der Waals surface area contributed by atoms with Crippen LogP contribution in [0.3, 0.4) is 0 Å². The molecule has 0 saturated carbocycles. The Balaban J connectivity index is 1.87. The second-order valence-electron chi connectivity index (χ2n) is 12.0. The summed E-state index contributed by atoms with van der Waals surface area (Å²) in [4.78, 5) is 27.5. The number of hydrogen-bond donors (Lipinski definition) is 0. The highest BCUT2D eigenvalue weighted by Gasteiger charge is 2.41. The van der Waals surface area contributed by atoms with Crippen molar-refractivity contribution in [2.45, 2.75) is 70.6 Å². The number of benzene rings is 2. The minimum atomic E-state index is -5.37. The van der Waals surface area contributed by atoms with Crippen LogP contribution in [0.5, 0.6) is 0 Å². The summed E-state index contributed by atoms with van der Waals surface area (Å²) >= 11 is 0. The Hall–Kier alpha value is -4.11. The lowest BCUT2D eigenvalue weighted by molar-refractivity contribution is 0.0590. The van der Waals surface area contributed by atoms with Crippen molar-refractivity contribution in [3.8, 4) is 0 Å². The van der Waals surface area contributed by atoms with Gasteiger partial charge in [-0.2, -0.15) is 0 Å². The normalized spacial score (nSPS) is 14.1. The predicted molar refractivity (Wildman–Crippen MR) is 153 cm³/mol. The summed E-state index contributed by atoms with van der Waals surface area (Å²) in [5.41, 5.74) is -2.84. The molecule has 1 aliphatic rings. The molecule has 238 valence electrons. The van der Waals surface area contributed by atoms with Crippen LogP contribution < -0.4 is 9.21 Å². The molecule has 0 bridgehead atoms. The third kappa shape index (κ3) is 7.16. The lowest BCUT2D eigenvalue weighted by Gasteiger charge is -2.33. The maximum absolute atomic E-state index is 15.8. The Labute approximate surface area is 253 Å². The summed E-state index contributed by atoms with van der Waals surface area (Å²) in [7, 11) is -5.37. The van der Waals surface area contributed by atoms with E-state index < -0.39 is 67.3 Å². The lowest BCUT2D eigenvalue weighted by atomic mass is 10.1. The van der Waals surface area contributed by atoms with Crippen molar-refractivity contribution in [3.05, 3.63) is 65.7 Å². The van der Waals surface area contributed by atoms with E-state index >= 15 is 13.2 Å². The number of sulfonamides is 1. The number of aromatic nitrogens is 1. The summed E-state index contributed by atoms with van der Waals surface area (Å²) in [5.74, 6) is -4.88. The molecule has 2 aromatic carbocycles. The third-order valence-corrected chi connectivity index (χ3v) is 7.87. The SMILES string of the molecule is CC(C)(C)OC(=O)N(c1cc(F)c(S(=O)(=O)N(C(=O)OC(C)(C)C)c2ccon2)c(F)c1)c1c(F)cccc1CN1CCC1. The van der Waals surface area contributed by atoms with Gasteiger partial charge in [-0.25, -0.2) is 36.1 Å². The van der Waals surface area contributed by atoms with Gasteiger partial charge in [0.1, 0.15) is 34.9 Å². The quantitative estimate of drug-likeness (QED) is 0.285. The molecule has 1 saturated heterocycles. The van der Waals surface area contributed by atoms with Crippen LogP contribution >= 0.6 is 0 Å². The van der Waals surface area contributed by atoms with Crippen molar-refractivity contribution in [2.75, 3.05) is 22.3 Å². The number of carbonyl (C=O) groups is 2. The summed E-state index contributed by atoms with van der Waals surface area (Å²) in [6.45, 7) is 10.7. The fourth-order valence-electron chi connectivity index (χ4n) is 4.29. The smallest absolute Gasteiger partial charge is 0.430 e. The number of halogens is 3. The monoisotopic (exact) mass is 638 g/mol. The van der Waals surface area contributed by atoms with Crippen LogP contribution in [0.4, 0.5) is 40.0 Å². The number of para-hydroxylation sites is 1. The second-order valence-corrected chi connectivity index (χ2v) is 13.8. The first-order chi connectivity index (χ1) is 20.4. The van der Waals surface area contributed by atoms with Crippen molar-refractivity contribution in [2.24, 2.45) is 0 Å². The van der Waals surface area contributed by atoms with Crippen LogP contribution in [0.1, 0.15) is 53.5 Å². The summed E-state index contributed by atoms with van der Waals surface area (Å²) in [6, 6.07) is 6.14. The number of anilines is 3. The standard InChI is InChI=1S/C29H33F3N4O7S/c1-28(2,3)42-26(37)35(24-18(9-7-10-20(24)30)17-34-12-8-13-34)19-15-21(31)25(22(32)16-19)44(39,40)36(23-11-14-41-33-23)27(38)43-29(4,5)6/h7,9-11,14-16H,8,12-13,17H2,1-6H3. The Kier molecular flexibility index (Phi) is 9.03. The topological polar surface area (TPSA) is 122 Å². The van der Waals surface area contributed by atoms with E-state index in [0.717, 1.165) is 37.9 Å². The van der Waals surface area contributed by atoms with Crippen LogP contribution in [-0.2, 0) is 26.0 Å². The van der Waals surface area contributed by atoms with Gasteiger partial charge < -0.3 is 14.0 Å². The van der Waals surface area contributed by atoms with Gasteiger partial charge in [0.15, 0.2) is 10.7 Å². The zero-order valence-electron chi connectivity index (χ0n) is 25.1. The number of amides is 2. The summed E-state index contributed by atoms with van der Waals surface area (Å²) in [5, 5.41) is 3.43. The van der Waals surface area contributed by atoms with E-state index in [1.165, 1.54) is 26.8 Å². The lowest BCUT2D eigenvalue weighted by Crippen LogP contribution is -2.42. The van der Waals surface area contributed by atoms with E-state index in [0.29, 0.717) is 22.6 Å². The Bertz CT molecular complexity index is 1620. The van der Waals surface area contributed by atoms with Gasteiger partial charge in [-0.1, -0.05) is 17.3 Å². The Morgan fingerprint density at radius 1 is 0.932 bits per heavy atom.